The summed E-state index contributed by atoms with van der Waals surface area (Å²) in [5.74, 6) is 0.703. The van der Waals surface area contributed by atoms with Gasteiger partial charge in [-0.3, -0.25) is 4.72 Å². The molecule has 0 bridgehead atoms. The van der Waals surface area contributed by atoms with Gasteiger partial charge in [-0.25, -0.2) is 4.79 Å². The second kappa shape index (κ2) is 9.15. The number of likely N-dealkylation sites (tertiary alicyclic amines) is 1. The van der Waals surface area contributed by atoms with Crippen LogP contribution in [0.3, 0.4) is 0 Å². The van der Waals surface area contributed by atoms with Crippen molar-refractivity contribution in [2.45, 2.75) is 38.8 Å². The van der Waals surface area contributed by atoms with E-state index in [2.05, 4.69) is 9.44 Å². The number of carbonyl (C=O) groups excluding carboxylic acids is 1. The van der Waals surface area contributed by atoms with Crippen molar-refractivity contribution in [1.82, 2.24) is 9.62 Å². The molecular formula is C22H29N3O5S. The predicted octanol–water partition coefficient (Wildman–Crippen LogP) is 3.62. The van der Waals surface area contributed by atoms with Gasteiger partial charge in [-0.2, -0.15) is 13.1 Å². The molecule has 1 heterocycles. The van der Waals surface area contributed by atoms with Crippen LogP contribution in [-0.4, -0.2) is 51.3 Å². The molecule has 31 heavy (non-hydrogen) atoms. The average Bonchev–Trinajstić information content (AvgIpc) is 3.14. The fourth-order valence-electron chi connectivity index (χ4n) is 3.39. The monoisotopic (exact) mass is 447 g/mol. The van der Waals surface area contributed by atoms with Crippen LogP contribution in [0.4, 0.5) is 10.5 Å². The number of nitrogens with one attached hydrogen (secondary N) is 2. The highest BCUT2D eigenvalue weighted by Crippen LogP contribution is 2.31. The Morgan fingerprint density at radius 1 is 1.13 bits per heavy atom. The zero-order valence-corrected chi connectivity index (χ0v) is 19.0. The number of amides is 1. The van der Waals surface area contributed by atoms with E-state index in [4.69, 9.17) is 9.47 Å². The SMILES string of the molecule is COc1ccccc1-c1cccc(NS(=O)(=O)N[C@@H]2CCN(C(=O)OC(C)(C)C)C2)c1. The van der Waals surface area contributed by atoms with Crippen LogP contribution >= 0.6 is 0 Å². The van der Waals surface area contributed by atoms with Gasteiger partial charge in [0.25, 0.3) is 10.2 Å². The number of para-hydroxylation sites is 1. The van der Waals surface area contributed by atoms with Crippen molar-refractivity contribution in [3.63, 3.8) is 0 Å². The van der Waals surface area contributed by atoms with Crippen molar-refractivity contribution < 1.29 is 22.7 Å². The minimum atomic E-state index is -3.83. The Hall–Kier alpha value is -2.78. The Morgan fingerprint density at radius 3 is 2.58 bits per heavy atom. The van der Waals surface area contributed by atoms with Gasteiger partial charge in [0, 0.05) is 24.7 Å². The molecule has 2 aromatic rings. The predicted molar refractivity (Wildman–Crippen MR) is 120 cm³/mol. The van der Waals surface area contributed by atoms with Crippen LogP contribution in [0, 0.1) is 0 Å². The first-order chi connectivity index (χ1) is 14.6. The topological polar surface area (TPSA) is 97.0 Å². The highest BCUT2D eigenvalue weighted by Gasteiger charge is 2.31. The van der Waals surface area contributed by atoms with E-state index < -0.39 is 21.9 Å². The van der Waals surface area contributed by atoms with E-state index in [1.54, 1.807) is 46.1 Å². The van der Waals surface area contributed by atoms with Gasteiger partial charge < -0.3 is 14.4 Å². The Balaban J connectivity index is 1.65. The van der Waals surface area contributed by atoms with Crippen molar-refractivity contribution in [2.75, 3.05) is 24.9 Å². The third kappa shape index (κ3) is 6.35. The molecule has 0 aromatic heterocycles. The summed E-state index contributed by atoms with van der Waals surface area (Å²) in [5, 5.41) is 0. The molecule has 168 valence electrons. The maximum atomic E-state index is 12.7. The van der Waals surface area contributed by atoms with E-state index in [1.165, 1.54) is 4.90 Å². The molecule has 0 spiro atoms. The Kier molecular flexibility index (Phi) is 6.76. The minimum absolute atomic E-state index is 0.261. The molecule has 9 heteroatoms. The van der Waals surface area contributed by atoms with E-state index in [0.717, 1.165) is 11.1 Å². The zero-order chi connectivity index (χ0) is 22.6. The summed E-state index contributed by atoms with van der Waals surface area (Å²) in [6.45, 7) is 6.08. The summed E-state index contributed by atoms with van der Waals surface area (Å²) in [6, 6.07) is 14.2. The number of hydrogen-bond acceptors (Lipinski definition) is 5. The summed E-state index contributed by atoms with van der Waals surface area (Å²) in [7, 11) is -2.23. The van der Waals surface area contributed by atoms with Gasteiger partial charge in [0.15, 0.2) is 0 Å². The van der Waals surface area contributed by atoms with Crippen LogP contribution < -0.4 is 14.2 Å². The fourth-order valence-corrected chi connectivity index (χ4v) is 4.51. The number of methoxy groups -OCH3 is 1. The molecule has 1 fully saturated rings. The number of carbonyl (C=O) groups is 1. The molecule has 1 saturated heterocycles. The Labute approximate surface area is 183 Å². The van der Waals surface area contributed by atoms with Crippen molar-refractivity contribution in [3.05, 3.63) is 48.5 Å². The Bertz CT molecular complexity index is 1030. The largest absolute Gasteiger partial charge is 0.496 e. The number of rotatable bonds is 6. The standard InChI is InChI=1S/C22H29N3O5S/c1-22(2,3)30-21(26)25-13-12-18(15-25)24-31(27,28)23-17-9-7-8-16(14-17)19-10-5-6-11-20(19)29-4/h5-11,14,18,23-24H,12-13,15H2,1-4H3/t18-/m1/s1. The Morgan fingerprint density at radius 2 is 1.87 bits per heavy atom. The number of hydrogen-bond donors (Lipinski definition) is 2. The van der Waals surface area contributed by atoms with Crippen molar-refractivity contribution in [3.8, 4) is 16.9 Å². The van der Waals surface area contributed by atoms with Crippen LogP contribution in [0.1, 0.15) is 27.2 Å². The van der Waals surface area contributed by atoms with Crippen LogP contribution in [0.2, 0.25) is 0 Å². The summed E-state index contributed by atoms with van der Waals surface area (Å²) in [6.07, 6.45) is 0.0770. The minimum Gasteiger partial charge on any atom is -0.496 e. The van der Waals surface area contributed by atoms with Gasteiger partial charge in [0.2, 0.25) is 0 Å². The highest BCUT2D eigenvalue weighted by atomic mass is 32.2. The number of ether oxygens (including phenoxy) is 2. The lowest BCUT2D eigenvalue weighted by Crippen LogP contribution is -2.42. The molecule has 0 radical (unpaired) electrons. The molecule has 0 unspecified atom stereocenters. The summed E-state index contributed by atoms with van der Waals surface area (Å²) in [4.78, 5) is 13.7. The van der Waals surface area contributed by atoms with Crippen LogP contribution in [0.15, 0.2) is 48.5 Å². The number of anilines is 1. The highest BCUT2D eigenvalue weighted by molar-refractivity contribution is 7.90. The van der Waals surface area contributed by atoms with E-state index >= 15 is 0 Å². The number of benzene rings is 2. The van der Waals surface area contributed by atoms with Crippen LogP contribution in [-0.2, 0) is 14.9 Å². The van der Waals surface area contributed by atoms with Crippen LogP contribution in [0.25, 0.3) is 11.1 Å². The van der Waals surface area contributed by atoms with Crippen LogP contribution in [0.5, 0.6) is 5.75 Å². The molecule has 3 rings (SSSR count). The lowest BCUT2D eigenvalue weighted by Gasteiger charge is -2.24. The quantitative estimate of drug-likeness (QED) is 0.705. The maximum Gasteiger partial charge on any atom is 0.410 e. The smallest absolute Gasteiger partial charge is 0.410 e. The van der Waals surface area contributed by atoms with E-state index in [1.807, 2.05) is 30.3 Å². The lowest BCUT2D eigenvalue weighted by molar-refractivity contribution is 0.0292. The van der Waals surface area contributed by atoms with Crippen molar-refractivity contribution >= 4 is 22.0 Å². The molecule has 8 nitrogen and oxygen atoms in total. The van der Waals surface area contributed by atoms with Gasteiger partial charge >= 0.3 is 6.09 Å². The second-order valence-electron chi connectivity index (χ2n) is 8.42. The first-order valence-corrected chi connectivity index (χ1v) is 11.6. The van der Waals surface area contributed by atoms with Gasteiger partial charge in [0.05, 0.1) is 12.8 Å². The molecule has 0 aliphatic carbocycles. The normalized spacial score (nSPS) is 16.8. The molecule has 1 aliphatic heterocycles. The van der Waals surface area contributed by atoms with E-state index in [9.17, 15) is 13.2 Å². The second-order valence-corrected chi connectivity index (χ2v) is 9.86. The van der Waals surface area contributed by atoms with Crippen molar-refractivity contribution in [1.29, 1.82) is 0 Å². The fraction of sp³-hybridized carbons (Fsp3) is 0.409. The maximum absolute atomic E-state index is 12.7. The summed E-state index contributed by atoms with van der Waals surface area (Å²) in [5.41, 5.74) is 1.53. The van der Waals surface area contributed by atoms with Gasteiger partial charge in [-0.05, 0) is 51.0 Å². The molecule has 1 atom stereocenters. The number of nitrogens with zero attached hydrogens (tertiary/aromatic N) is 1. The van der Waals surface area contributed by atoms with Gasteiger partial charge in [-0.15, -0.1) is 0 Å². The average molecular weight is 448 g/mol. The molecule has 1 amide bonds. The first kappa shape index (κ1) is 22.9. The molecule has 2 N–H and O–H groups in total. The molecule has 1 aliphatic rings. The third-order valence-electron chi connectivity index (χ3n) is 4.69. The third-order valence-corrected chi connectivity index (χ3v) is 5.84. The summed E-state index contributed by atoms with van der Waals surface area (Å²) < 4.78 is 41.2. The van der Waals surface area contributed by atoms with Gasteiger partial charge in [0.1, 0.15) is 11.4 Å². The van der Waals surface area contributed by atoms with E-state index in [0.29, 0.717) is 24.4 Å². The zero-order valence-electron chi connectivity index (χ0n) is 18.2. The van der Waals surface area contributed by atoms with E-state index in [-0.39, 0.29) is 12.6 Å². The lowest BCUT2D eigenvalue weighted by atomic mass is 10.0. The van der Waals surface area contributed by atoms with Crippen molar-refractivity contribution in [2.24, 2.45) is 0 Å². The molecular weight excluding hydrogens is 418 g/mol. The molecule has 2 aromatic carbocycles. The summed E-state index contributed by atoms with van der Waals surface area (Å²) >= 11 is 0. The first-order valence-electron chi connectivity index (χ1n) is 10.1. The van der Waals surface area contributed by atoms with Gasteiger partial charge in [-0.1, -0.05) is 30.3 Å². The molecule has 0 saturated carbocycles.